The zero-order valence-corrected chi connectivity index (χ0v) is 13.6. The molecule has 24 heavy (non-hydrogen) atoms. The van der Waals surface area contributed by atoms with E-state index in [-0.39, 0.29) is 31.2 Å². The largest absolute Gasteiger partial charge is 0.513 e. The van der Waals surface area contributed by atoms with Crippen LogP contribution in [0.5, 0.6) is 0 Å². The van der Waals surface area contributed by atoms with E-state index in [0.717, 1.165) is 0 Å². The summed E-state index contributed by atoms with van der Waals surface area (Å²) in [4.78, 5) is 23.9. The van der Waals surface area contributed by atoms with Crippen LogP contribution in [0.2, 0.25) is 5.02 Å². The molecular weight excluding hydrogens is 336 g/mol. The quantitative estimate of drug-likeness (QED) is 0.838. The molecule has 1 unspecified atom stereocenters. The first-order chi connectivity index (χ1) is 11.5. The van der Waals surface area contributed by atoms with Crippen molar-refractivity contribution < 1.29 is 28.9 Å². The van der Waals surface area contributed by atoms with Gasteiger partial charge in [-0.2, -0.15) is 0 Å². The van der Waals surface area contributed by atoms with Crippen LogP contribution in [-0.4, -0.2) is 30.4 Å². The predicted octanol–water partition coefficient (Wildman–Crippen LogP) is 3.62. The van der Waals surface area contributed by atoms with E-state index in [1.54, 1.807) is 31.2 Å². The van der Waals surface area contributed by atoms with Gasteiger partial charge in [0, 0.05) is 11.4 Å². The summed E-state index contributed by atoms with van der Waals surface area (Å²) in [6.45, 7) is 1.86. The fraction of sp³-hybridized carbons (Fsp3) is 0.294. The second-order valence-corrected chi connectivity index (χ2v) is 5.73. The van der Waals surface area contributed by atoms with Gasteiger partial charge >= 0.3 is 12.1 Å². The maximum Gasteiger partial charge on any atom is 0.513 e. The van der Waals surface area contributed by atoms with Crippen LogP contribution in [0, 0.1) is 0 Å². The minimum absolute atomic E-state index is 0.0563. The van der Waals surface area contributed by atoms with Gasteiger partial charge in [0.05, 0.1) is 18.1 Å². The molecule has 3 rings (SSSR count). The monoisotopic (exact) mass is 350 g/mol. The fourth-order valence-corrected chi connectivity index (χ4v) is 3.11. The van der Waals surface area contributed by atoms with Crippen LogP contribution in [-0.2, 0) is 19.0 Å². The van der Waals surface area contributed by atoms with Crippen LogP contribution in [0.1, 0.15) is 24.8 Å². The number of ether oxygens (including phenoxy) is 3. The van der Waals surface area contributed by atoms with Crippen molar-refractivity contribution in [3.63, 3.8) is 0 Å². The molecule has 126 valence electrons. The van der Waals surface area contributed by atoms with Crippen molar-refractivity contribution >= 4 is 23.7 Å². The number of benzene rings is 1. The van der Waals surface area contributed by atoms with Crippen LogP contribution in [0.15, 0.2) is 46.9 Å². The maximum absolute atomic E-state index is 12.2. The molecule has 0 amide bonds. The van der Waals surface area contributed by atoms with E-state index in [1.807, 2.05) is 0 Å². The zero-order chi connectivity index (χ0) is 17.3. The number of aliphatic hydroxyl groups excluding tert-OH is 1. The van der Waals surface area contributed by atoms with Crippen molar-refractivity contribution in [2.45, 2.75) is 19.3 Å². The summed E-state index contributed by atoms with van der Waals surface area (Å²) in [5, 5.41) is 10.7. The molecule has 0 fully saturated rings. The first kappa shape index (κ1) is 16.4. The Morgan fingerprint density at radius 3 is 2.88 bits per heavy atom. The highest BCUT2D eigenvalue weighted by Gasteiger charge is 2.42. The van der Waals surface area contributed by atoms with Gasteiger partial charge in [-0.1, -0.05) is 29.8 Å². The molecule has 2 aliphatic rings. The molecule has 7 heteroatoms. The SMILES string of the molecule is CCOC(=O)OC1=C(O)CC2=C(C(=O)OC2)C1c1ccccc1Cl. The smallest absolute Gasteiger partial charge is 0.508 e. The van der Waals surface area contributed by atoms with Crippen LogP contribution in [0.25, 0.3) is 0 Å². The predicted molar refractivity (Wildman–Crippen MR) is 84.6 cm³/mol. The lowest BCUT2D eigenvalue weighted by Crippen LogP contribution is -2.22. The van der Waals surface area contributed by atoms with Gasteiger partial charge in [0.15, 0.2) is 5.76 Å². The Morgan fingerprint density at radius 1 is 1.42 bits per heavy atom. The standard InChI is InChI=1S/C17H15ClO6/c1-2-22-17(21)24-15-12(19)7-9-8-23-16(20)13(9)14(15)10-5-3-4-6-11(10)18/h3-6,14,19H,2,7-8H2,1H3. The lowest BCUT2D eigenvalue weighted by atomic mass is 9.82. The van der Waals surface area contributed by atoms with E-state index in [9.17, 15) is 14.7 Å². The molecule has 1 aromatic carbocycles. The number of hydrogen-bond acceptors (Lipinski definition) is 6. The van der Waals surface area contributed by atoms with E-state index in [2.05, 4.69) is 0 Å². The molecule has 1 heterocycles. The van der Waals surface area contributed by atoms with Crippen molar-refractivity contribution in [3.05, 3.63) is 57.5 Å². The fourth-order valence-electron chi connectivity index (χ4n) is 2.87. The van der Waals surface area contributed by atoms with Crippen LogP contribution in [0.3, 0.4) is 0 Å². The number of cyclic esters (lactones) is 1. The number of aliphatic hydroxyl groups is 1. The summed E-state index contributed by atoms with van der Waals surface area (Å²) < 4.78 is 15.0. The molecule has 0 saturated carbocycles. The number of hydrogen-bond donors (Lipinski definition) is 1. The summed E-state index contributed by atoms with van der Waals surface area (Å²) in [5.74, 6) is -1.53. The molecule has 0 radical (unpaired) electrons. The van der Waals surface area contributed by atoms with E-state index in [0.29, 0.717) is 21.7 Å². The van der Waals surface area contributed by atoms with Crippen LogP contribution < -0.4 is 0 Å². The van der Waals surface area contributed by atoms with Gasteiger partial charge in [-0.25, -0.2) is 9.59 Å². The van der Waals surface area contributed by atoms with E-state index in [1.165, 1.54) is 0 Å². The van der Waals surface area contributed by atoms with Gasteiger partial charge in [0.2, 0.25) is 0 Å². The average Bonchev–Trinajstić information content (AvgIpc) is 2.90. The molecule has 0 saturated heterocycles. The van der Waals surface area contributed by atoms with Gasteiger partial charge in [0.1, 0.15) is 12.4 Å². The minimum atomic E-state index is -0.952. The van der Waals surface area contributed by atoms with E-state index in [4.69, 9.17) is 25.8 Å². The number of rotatable bonds is 3. The first-order valence-corrected chi connectivity index (χ1v) is 7.80. The molecule has 1 aliphatic carbocycles. The number of carbonyl (C=O) groups is 2. The van der Waals surface area contributed by atoms with Gasteiger partial charge in [0.25, 0.3) is 0 Å². The second kappa shape index (κ2) is 6.57. The zero-order valence-electron chi connectivity index (χ0n) is 12.9. The van der Waals surface area contributed by atoms with Crippen molar-refractivity contribution in [2.75, 3.05) is 13.2 Å². The third-order valence-corrected chi connectivity index (χ3v) is 4.21. The lowest BCUT2D eigenvalue weighted by Gasteiger charge is -2.26. The molecule has 1 aromatic rings. The number of halogens is 1. The highest BCUT2D eigenvalue weighted by Crippen LogP contribution is 2.46. The van der Waals surface area contributed by atoms with E-state index >= 15 is 0 Å². The van der Waals surface area contributed by atoms with Crippen molar-refractivity contribution in [1.29, 1.82) is 0 Å². The molecular formula is C17H15ClO6. The van der Waals surface area contributed by atoms with Gasteiger partial charge < -0.3 is 19.3 Å². The van der Waals surface area contributed by atoms with Crippen molar-refractivity contribution in [2.24, 2.45) is 0 Å². The Hall–Kier alpha value is -2.47. The maximum atomic E-state index is 12.2. The van der Waals surface area contributed by atoms with Gasteiger partial charge in [-0.15, -0.1) is 0 Å². The Balaban J connectivity index is 2.08. The van der Waals surface area contributed by atoms with Gasteiger partial charge in [-0.3, -0.25) is 0 Å². The summed E-state index contributed by atoms with van der Waals surface area (Å²) in [5.41, 5.74) is 1.54. The average molecular weight is 351 g/mol. The topological polar surface area (TPSA) is 82.1 Å². The van der Waals surface area contributed by atoms with Gasteiger partial charge in [-0.05, 0) is 24.1 Å². The summed E-state index contributed by atoms with van der Waals surface area (Å²) in [6, 6.07) is 6.85. The minimum Gasteiger partial charge on any atom is -0.508 e. The molecule has 0 spiro atoms. The second-order valence-electron chi connectivity index (χ2n) is 5.32. The molecule has 6 nitrogen and oxygen atoms in total. The normalized spacial score (nSPS) is 19.9. The highest BCUT2D eigenvalue weighted by molar-refractivity contribution is 6.31. The van der Waals surface area contributed by atoms with Crippen LogP contribution in [0.4, 0.5) is 4.79 Å². The number of carbonyl (C=O) groups excluding carboxylic acids is 2. The molecule has 1 atom stereocenters. The molecule has 0 aromatic heterocycles. The number of allylic oxidation sites excluding steroid dienone is 2. The third-order valence-electron chi connectivity index (χ3n) is 3.87. The summed E-state index contributed by atoms with van der Waals surface area (Å²) in [7, 11) is 0. The lowest BCUT2D eigenvalue weighted by molar-refractivity contribution is -0.136. The summed E-state index contributed by atoms with van der Waals surface area (Å²) >= 11 is 6.26. The third kappa shape index (κ3) is 2.85. The molecule has 1 N–H and O–H groups in total. The first-order valence-electron chi connectivity index (χ1n) is 7.43. The van der Waals surface area contributed by atoms with Crippen molar-refractivity contribution in [3.8, 4) is 0 Å². The van der Waals surface area contributed by atoms with Crippen molar-refractivity contribution in [1.82, 2.24) is 0 Å². The summed E-state index contributed by atoms with van der Waals surface area (Å²) in [6.07, 6.45) is -0.872. The Morgan fingerprint density at radius 2 is 2.17 bits per heavy atom. The Labute approximate surface area is 143 Å². The highest BCUT2D eigenvalue weighted by atomic mass is 35.5. The Bertz CT molecular complexity index is 764. The number of esters is 1. The Kier molecular flexibility index (Phi) is 4.49. The van der Waals surface area contributed by atoms with Crippen LogP contribution >= 0.6 is 11.6 Å². The molecule has 1 aliphatic heterocycles. The molecule has 0 bridgehead atoms. The van der Waals surface area contributed by atoms with E-state index < -0.39 is 18.0 Å².